The molecule has 0 unspecified atom stereocenters. The van der Waals surface area contributed by atoms with Gasteiger partial charge in [0.2, 0.25) is 0 Å². The van der Waals surface area contributed by atoms with Gasteiger partial charge in [-0.25, -0.2) is 9.97 Å². The van der Waals surface area contributed by atoms with Crippen LogP contribution in [0.3, 0.4) is 0 Å². The van der Waals surface area contributed by atoms with Crippen molar-refractivity contribution in [1.29, 1.82) is 0 Å². The van der Waals surface area contributed by atoms with Crippen molar-refractivity contribution in [3.05, 3.63) is 57.0 Å². The highest BCUT2D eigenvalue weighted by Gasteiger charge is 2.14. The van der Waals surface area contributed by atoms with Gasteiger partial charge in [0, 0.05) is 23.6 Å². The maximum absolute atomic E-state index is 12.1. The average molecular weight is 331 g/mol. The van der Waals surface area contributed by atoms with Crippen LogP contribution in [0.4, 0.5) is 0 Å². The summed E-state index contributed by atoms with van der Waals surface area (Å²) >= 11 is 17.5. The molecule has 0 bridgehead atoms. The van der Waals surface area contributed by atoms with E-state index in [1.54, 1.807) is 25.2 Å². The third kappa shape index (κ3) is 3.82. The topological polar surface area (TPSA) is 46.1 Å². The summed E-state index contributed by atoms with van der Waals surface area (Å²) in [4.78, 5) is 21.4. The minimum atomic E-state index is -0.259. The first kappa shape index (κ1) is 15.0. The van der Waals surface area contributed by atoms with E-state index in [0.29, 0.717) is 16.6 Å². The monoisotopic (exact) mass is 329 g/mol. The van der Waals surface area contributed by atoms with Crippen LogP contribution in [0.5, 0.6) is 0 Å². The van der Waals surface area contributed by atoms with Crippen molar-refractivity contribution >= 4 is 40.7 Å². The van der Waals surface area contributed by atoms with Gasteiger partial charge in [0.1, 0.15) is 10.8 Å². The Labute approximate surface area is 131 Å². The Morgan fingerprint density at radius 3 is 2.30 bits per heavy atom. The van der Waals surface area contributed by atoms with E-state index in [-0.39, 0.29) is 16.8 Å². The molecular formula is C13H10Cl3N3O. The first-order valence-electron chi connectivity index (χ1n) is 5.63. The molecule has 0 spiro atoms. The smallest absolute Gasteiger partial charge is 0.274 e. The predicted octanol–water partition coefficient (Wildman–Crippen LogP) is 3.71. The summed E-state index contributed by atoms with van der Waals surface area (Å²) in [7, 11) is 1.66. The molecule has 1 aromatic heterocycles. The van der Waals surface area contributed by atoms with Crippen LogP contribution in [0.15, 0.2) is 30.6 Å². The van der Waals surface area contributed by atoms with Crippen LogP contribution in [0.25, 0.3) is 0 Å². The third-order valence-electron chi connectivity index (χ3n) is 2.53. The number of hydrogen-bond acceptors (Lipinski definition) is 3. The van der Waals surface area contributed by atoms with Crippen LogP contribution >= 0.6 is 34.8 Å². The first-order valence-corrected chi connectivity index (χ1v) is 6.77. The highest BCUT2D eigenvalue weighted by molar-refractivity contribution is 6.34. The van der Waals surface area contributed by atoms with Crippen molar-refractivity contribution in [3.63, 3.8) is 0 Å². The second-order valence-electron chi connectivity index (χ2n) is 4.16. The Kier molecular flexibility index (Phi) is 4.81. The van der Waals surface area contributed by atoms with Gasteiger partial charge in [-0.05, 0) is 23.8 Å². The molecule has 0 aliphatic carbocycles. The van der Waals surface area contributed by atoms with E-state index in [2.05, 4.69) is 9.97 Å². The minimum absolute atomic E-state index is 0.227. The van der Waals surface area contributed by atoms with Crippen molar-refractivity contribution in [2.75, 3.05) is 7.05 Å². The molecular weight excluding hydrogens is 321 g/mol. The summed E-state index contributed by atoms with van der Waals surface area (Å²) in [6.45, 7) is 0.365. The van der Waals surface area contributed by atoms with Gasteiger partial charge in [0.25, 0.3) is 5.91 Å². The molecule has 0 saturated carbocycles. The SMILES string of the molecule is CN(Cc1cc(Cl)cc(Cl)c1)C(=O)c1cnc(Cl)cn1. The Hall–Kier alpha value is -1.36. The number of benzene rings is 1. The van der Waals surface area contributed by atoms with Crippen molar-refractivity contribution < 1.29 is 4.79 Å². The molecule has 0 radical (unpaired) electrons. The molecule has 0 aliphatic rings. The second-order valence-corrected chi connectivity index (χ2v) is 5.42. The lowest BCUT2D eigenvalue weighted by molar-refractivity contribution is 0.0779. The number of halogens is 3. The Morgan fingerprint density at radius 1 is 1.10 bits per heavy atom. The minimum Gasteiger partial charge on any atom is -0.336 e. The number of aromatic nitrogens is 2. The molecule has 0 atom stereocenters. The van der Waals surface area contributed by atoms with Crippen LogP contribution in [0, 0.1) is 0 Å². The molecule has 7 heteroatoms. The molecule has 1 aromatic carbocycles. The molecule has 20 heavy (non-hydrogen) atoms. The van der Waals surface area contributed by atoms with Gasteiger partial charge in [-0.3, -0.25) is 4.79 Å². The number of nitrogens with zero attached hydrogens (tertiary/aromatic N) is 3. The lowest BCUT2D eigenvalue weighted by Gasteiger charge is -2.17. The van der Waals surface area contributed by atoms with Gasteiger partial charge in [0.15, 0.2) is 0 Å². The molecule has 104 valence electrons. The summed E-state index contributed by atoms with van der Waals surface area (Å²) in [6, 6.07) is 5.15. The molecule has 4 nitrogen and oxygen atoms in total. The Balaban J connectivity index is 2.13. The summed E-state index contributed by atoms with van der Waals surface area (Å²) in [6.07, 6.45) is 2.67. The molecule has 0 aliphatic heterocycles. The summed E-state index contributed by atoms with van der Waals surface area (Å²) in [5, 5.41) is 1.30. The predicted molar refractivity (Wildman–Crippen MR) is 79.3 cm³/mol. The first-order chi connectivity index (χ1) is 9.45. The zero-order valence-electron chi connectivity index (χ0n) is 10.5. The van der Waals surface area contributed by atoms with Crippen molar-refractivity contribution in [2.45, 2.75) is 6.54 Å². The number of hydrogen-bond donors (Lipinski definition) is 0. The lowest BCUT2D eigenvalue weighted by Crippen LogP contribution is -2.27. The molecule has 0 fully saturated rings. The van der Waals surface area contributed by atoms with E-state index in [1.807, 2.05) is 0 Å². The summed E-state index contributed by atoms with van der Waals surface area (Å²) in [5.41, 5.74) is 1.06. The van der Waals surface area contributed by atoms with Gasteiger partial charge in [-0.1, -0.05) is 34.8 Å². The highest BCUT2D eigenvalue weighted by atomic mass is 35.5. The van der Waals surface area contributed by atoms with E-state index in [1.165, 1.54) is 17.3 Å². The third-order valence-corrected chi connectivity index (χ3v) is 3.16. The molecule has 0 N–H and O–H groups in total. The Morgan fingerprint density at radius 2 is 1.75 bits per heavy atom. The maximum Gasteiger partial charge on any atom is 0.274 e. The van der Waals surface area contributed by atoms with Crippen molar-refractivity contribution in [1.82, 2.24) is 14.9 Å². The van der Waals surface area contributed by atoms with Crippen molar-refractivity contribution in [3.8, 4) is 0 Å². The summed E-state index contributed by atoms with van der Waals surface area (Å²) < 4.78 is 0. The van der Waals surface area contributed by atoms with E-state index in [4.69, 9.17) is 34.8 Å². The van der Waals surface area contributed by atoms with E-state index in [9.17, 15) is 4.79 Å². The van der Waals surface area contributed by atoms with Crippen LogP contribution in [0.2, 0.25) is 15.2 Å². The molecule has 2 rings (SSSR count). The molecule has 1 amide bonds. The van der Waals surface area contributed by atoms with Crippen LogP contribution in [0.1, 0.15) is 16.1 Å². The fraction of sp³-hybridized carbons (Fsp3) is 0.154. The number of rotatable bonds is 3. The van der Waals surface area contributed by atoms with Gasteiger partial charge in [-0.15, -0.1) is 0 Å². The van der Waals surface area contributed by atoms with Gasteiger partial charge in [-0.2, -0.15) is 0 Å². The molecule has 0 saturated heterocycles. The van der Waals surface area contributed by atoms with E-state index >= 15 is 0 Å². The van der Waals surface area contributed by atoms with Gasteiger partial charge < -0.3 is 4.90 Å². The van der Waals surface area contributed by atoms with Crippen LogP contribution in [-0.2, 0) is 6.54 Å². The quantitative estimate of drug-likeness (QED) is 0.862. The lowest BCUT2D eigenvalue weighted by atomic mass is 10.2. The van der Waals surface area contributed by atoms with Crippen molar-refractivity contribution in [2.24, 2.45) is 0 Å². The van der Waals surface area contributed by atoms with E-state index < -0.39 is 0 Å². The van der Waals surface area contributed by atoms with Crippen LogP contribution in [-0.4, -0.2) is 27.8 Å². The maximum atomic E-state index is 12.1. The Bertz CT molecular complexity index is 611. The largest absolute Gasteiger partial charge is 0.336 e. The van der Waals surface area contributed by atoms with Gasteiger partial charge in [0.05, 0.1) is 12.4 Å². The molecule has 2 aromatic rings. The van der Waals surface area contributed by atoms with Crippen LogP contribution < -0.4 is 0 Å². The average Bonchev–Trinajstić information content (AvgIpc) is 2.37. The number of amides is 1. The highest BCUT2D eigenvalue weighted by Crippen LogP contribution is 2.20. The standard InChI is InChI=1S/C13H10Cl3N3O/c1-19(7-8-2-9(14)4-10(15)3-8)13(20)11-5-18-12(16)6-17-11/h2-6H,7H2,1H3. The van der Waals surface area contributed by atoms with E-state index in [0.717, 1.165) is 5.56 Å². The zero-order chi connectivity index (χ0) is 14.7. The molecule has 1 heterocycles. The fourth-order valence-electron chi connectivity index (χ4n) is 1.67. The number of carbonyl (C=O) groups is 1. The second kappa shape index (κ2) is 6.39. The normalized spacial score (nSPS) is 10.4. The number of carbonyl (C=O) groups excluding carboxylic acids is 1. The van der Waals surface area contributed by atoms with Gasteiger partial charge >= 0.3 is 0 Å². The summed E-state index contributed by atoms with van der Waals surface area (Å²) in [5.74, 6) is -0.259. The zero-order valence-corrected chi connectivity index (χ0v) is 12.7. The fourth-order valence-corrected chi connectivity index (χ4v) is 2.33.